The number of aromatic nitrogens is 4. The number of benzene rings is 1. The summed E-state index contributed by atoms with van der Waals surface area (Å²) in [6, 6.07) is 8.38. The lowest BCUT2D eigenvalue weighted by atomic mass is 9.79. The van der Waals surface area contributed by atoms with Crippen LogP contribution in [0, 0.1) is 11.8 Å². The molecule has 0 radical (unpaired) electrons. The number of tetrazole rings is 1. The molecule has 0 saturated heterocycles. The Hall–Kier alpha value is -2.54. The number of rotatable bonds is 7. The van der Waals surface area contributed by atoms with E-state index in [1.165, 1.54) is 11.1 Å². The van der Waals surface area contributed by atoms with Crippen LogP contribution in [0.2, 0.25) is 0 Å². The zero-order chi connectivity index (χ0) is 18.5. The fourth-order valence-corrected chi connectivity index (χ4v) is 3.62. The molecule has 26 heavy (non-hydrogen) atoms. The van der Waals surface area contributed by atoms with Crippen LogP contribution in [0.5, 0.6) is 0 Å². The Morgan fingerprint density at radius 1 is 1.27 bits per heavy atom. The van der Waals surface area contributed by atoms with Crippen molar-refractivity contribution in [1.29, 1.82) is 0 Å². The van der Waals surface area contributed by atoms with E-state index in [9.17, 15) is 9.90 Å². The molecule has 0 amide bonds. The first-order valence-electron chi connectivity index (χ1n) is 9.01. The molecule has 1 aromatic carbocycles. The molecule has 0 fully saturated rings. The molecule has 2 atom stereocenters. The van der Waals surface area contributed by atoms with Crippen molar-refractivity contribution in [2.24, 2.45) is 11.8 Å². The van der Waals surface area contributed by atoms with Crippen LogP contribution in [0.1, 0.15) is 43.1 Å². The highest BCUT2D eigenvalue weighted by Gasteiger charge is 2.34. The van der Waals surface area contributed by atoms with E-state index in [1.807, 2.05) is 13.8 Å². The molecule has 0 spiro atoms. The van der Waals surface area contributed by atoms with E-state index in [2.05, 4.69) is 56.3 Å². The maximum Gasteiger partial charge on any atom is 0.307 e. The highest BCUT2D eigenvalue weighted by Crippen LogP contribution is 2.32. The molecule has 0 saturated carbocycles. The van der Waals surface area contributed by atoms with E-state index in [4.69, 9.17) is 0 Å². The van der Waals surface area contributed by atoms with Gasteiger partial charge in [-0.3, -0.25) is 4.79 Å². The molecule has 1 aliphatic heterocycles. The summed E-state index contributed by atoms with van der Waals surface area (Å²) in [6.07, 6.45) is 3.81. The van der Waals surface area contributed by atoms with Gasteiger partial charge in [0.1, 0.15) is 0 Å². The molecular weight excluding hydrogens is 330 g/mol. The number of H-pyrrole nitrogens is 1. The summed E-state index contributed by atoms with van der Waals surface area (Å²) in [6.45, 7) is 5.74. The highest BCUT2D eigenvalue weighted by molar-refractivity contribution is 5.71. The minimum Gasteiger partial charge on any atom is -0.481 e. The molecule has 1 aliphatic rings. The van der Waals surface area contributed by atoms with Gasteiger partial charge in [-0.2, -0.15) is 5.21 Å². The Morgan fingerprint density at radius 3 is 2.58 bits per heavy atom. The molecule has 0 aliphatic carbocycles. The normalized spacial score (nSPS) is 17.0. The molecule has 7 heteroatoms. The summed E-state index contributed by atoms with van der Waals surface area (Å²) in [5.41, 5.74) is 3.66. The van der Waals surface area contributed by atoms with Crippen molar-refractivity contribution in [3.8, 4) is 0 Å². The van der Waals surface area contributed by atoms with Crippen LogP contribution in [0.25, 0.3) is 5.57 Å². The van der Waals surface area contributed by atoms with Crippen LogP contribution in [-0.2, 0) is 11.2 Å². The van der Waals surface area contributed by atoms with E-state index >= 15 is 0 Å². The smallest absolute Gasteiger partial charge is 0.307 e. The Bertz CT molecular complexity index is 753. The number of carbonyl (C=O) groups is 1. The Morgan fingerprint density at radius 2 is 2.04 bits per heavy atom. The van der Waals surface area contributed by atoms with Gasteiger partial charge in [-0.1, -0.05) is 49.4 Å². The molecule has 138 valence electrons. The maximum absolute atomic E-state index is 11.8. The van der Waals surface area contributed by atoms with Crippen LogP contribution in [-0.4, -0.2) is 44.8 Å². The predicted octanol–water partition coefficient (Wildman–Crippen LogP) is 2.26. The molecule has 3 N–H and O–H groups in total. The van der Waals surface area contributed by atoms with Crippen molar-refractivity contribution in [3.63, 3.8) is 0 Å². The summed E-state index contributed by atoms with van der Waals surface area (Å²) >= 11 is 0. The van der Waals surface area contributed by atoms with Gasteiger partial charge in [0, 0.05) is 12.5 Å². The Labute approximate surface area is 152 Å². The van der Waals surface area contributed by atoms with Crippen molar-refractivity contribution in [2.45, 2.75) is 32.6 Å². The average molecular weight is 355 g/mol. The van der Waals surface area contributed by atoms with Gasteiger partial charge in [0.15, 0.2) is 5.82 Å². The fraction of sp³-hybridized carbons (Fsp3) is 0.474. The summed E-state index contributed by atoms with van der Waals surface area (Å²) in [5, 5.41) is 27.2. The van der Waals surface area contributed by atoms with Crippen molar-refractivity contribution in [1.82, 2.24) is 25.9 Å². The van der Waals surface area contributed by atoms with Crippen LogP contribution in [0.3, 0.4) is 0 Å². The monoisotopic (exact) mass is 355 g/mol. The summed E-state index contributed by atoms with van der Waals surface area (Å²) < 4.78 is 0. The van der Waals surface area contributed by atoms with Crippen molar-refractivity contribution >= 4 is 11.5 Å². The topological polar surface area (TPSA) is 104 Å². The highest BCUT2D eigenvalue weighted by atomic mass is 16.4. The number of hydrogen-bond donors (Lipinski definition) is 3. The van der Waals surface area contributed by atoms with Gasteiger partial charge < -0.3 is 10.4 Å². The van der Waals surface area contributed by atoms with E-state index in [-0.39, 0.29) is 11.8 Å². The number of nitrogens with zero attached hydrogens (tertiary/aromatic N) is 3. The van der Waals surface area contributed by atoms with Crippen LogP contribution in [0.15, 0.2) is 30.3 Å². The lowest BCUT2D eigenvalue weighted by Crippen LogP contribution is -2.29. The third-order valence-electron chi connectivity index (χ3n) is 4.97. The first-order chi connectivity index (χ1) is 12.6. The number of carboxylic acids is 1. The molecule has 3 rings (SSSR count). The van der Waals surface area contributed by atoms with E-state index in [0.29, 0.717) is 12.2 Å². The van der Waals surface area contributed by atoms with Gasteiger partial charge >= 0.3 is 5.97 Å². The molecule has 7 nitrogen and oxygen atoms in total. The SMILES string of the molecule is CC(C)[C@H](C(=O)O)[C@H](Cc1ccc(C2=CCNCC2)cc1)c1nn[nH]n1. The van der Waals surface area contributed by atoms with Crippen molar-refractivity contribution in [3.05, 3.63) is 47.3 Å². The third-order valence-corrected chi connectivity index (χ3v) is 4.97. The van der Waals surface area contributed by atoms with E-state index in [1.54, 1.807) is 0 Å². The van der Waals surface area contributed by atoms with Gasteiger partial charge in [0.25, 0.3) is 0 Å². The minimum atomic E-state index is -0.828. The summed E-state index contributed by atoms with van der Waals surface area (Å²) in [5.74, 6) is -1.30. The molecule has 0 bridgehead atoms. The zero-order valence-corrected chi connectivity index (χ0v) is 15.1. The fourth-order valence-electron chi connectivity index (χ4n) is 3.62. The Balaban J connectivity index is 1.82. The first-order valence-corrected chi connectivity index (χ1v) is 9.01. The first kappa shape index (κ1) is 18.3. The van der Waals surface area contributed by atoms with Gasteiger partial charge in [-0.05, 0) is 42.0 Å². The van der Waals surface area contributed by atoms with E-state index in [0.717, 1.165) is 25.1 Å². The number of nitrogens with one attached hydrogen (secondary N) is 2. The van der Waals surface area contributed by atoms with Crippen LogP contribution >= 0.6 is 0 Å². The predicted molar refractivity (Wildman–Crippen MR) is 98.5 cm³/mol. The van der Waals surface area contributed by atoms with Crippen LogP contribution < -0.4 is 5.32 Å². The van der Waals surface area contributed by atoms with Gasteiger partial charge in [-0.25, -0.2) is 0 Å². The number of aliphatic carboxylic acids is 1. The molecule has 0 unspecified atom stereocenters. The maximum atomic E-state index is 11.8. The van der Waals surface area contributed by atoms with Gasteiger partial charge in [0.2, 0.25) is 0 Å². The number of carboxylic acid groups (broad SMARTS) is 1. The Kier molecular flexibility index (Phi) is 5.78. The zero-order valence-electron chi connectivity index (χ0n) is 15.1. The second-order valence-electron chi connectivity index (χ2n) is 7.07. The van der Waals surface area contributed by atoms with Crippen molar-refractivity contribution in [2.75, 3.05) is 13.1 Å². The lowest BCUT2D eigenvalue weighted by molar-refractivity contribution is -0.144. The standard InChI is InChI=1S/C19H25N5O2/c1-12(2)17(19(25)26)16(18-21-23-24-22-18)11-13-3-5-14(6-4-13)15-7-9-20-10-8-15/h3-7,12,16-17,20H,8-11H2,1-2H3,(H,25,26)(H,21,22,23,24)/t16-,17-/m0/s1. The summed E-state index contributed by atoms with van der Waals surface area (Å²) in [4.78, 5) is 11.8. The number of hydrogen-bond acceptors (Lipinski definition) is 5. The minimum absolute atomic E-state index is 0.0323. The van der Waals surface area contributed by atoms with Gasteiger partial charge in [0.05, 0.1) is 5.92 Å². The van der Waals surface area contributed by atoms with E-state index < -0.39 is 11.9 Å². The van der Waals surface area contributed by atoms with Crippen molar-refractivity contribution < 1.29 is 9.90 Å². The number of aromatic amines is 1. The van der Waals surface area contributed by atoms with Gasteiger partial charge in [-0.15, -0.1) is 10.2 Å². The second kappa shape index (κ2) is 8.23. The third kappa shape index (κ3) is 4.16. The largest absolute Gasteiger partial charge is 0.481 e. The molecule has 2 heterocycles. The second-order valence-corrected chi connectivity index (χ2v) is 7.07. The molecular formula is C19H25N5O2. The molecule has 1 aromatic heterocycles. The average Bonchev–Trinajstić information content (AvgIpc) is 3.16. The quantitative estimate of drug-likeness (QED) is 0.704. The summed E-state index contributed by atoms with van der Waals surface area (Å²) in [7, 11) is 0. The lowest BCUT2D eigenvalue weighted by Gasteiger charge is -2.24. The van der Waals surface area contributed by atoms with Crippen LogP contribution in [0.4, 0.5) is 0 Å². The molecule has 2 aromatic rings.